The highest BCUT2D eigenvalue weighted by atomic mass is 16.5. The normalized spacial score (nSPS) is 15.0. The number of nitrogens with one attached hydrogen (secondary N) is 2. The van der Waals surface area contributed by atoms with Gasteiger partial charge < -0.3 is 10.1 Å². The van der Waals surface area contributed by atoms with E-state index in [2.05, 4.69) is 35.4 Å². The summed E-state index contributed by atoms with van der Waals surface area (Å²) in [6.07, 6.45) is 2.00. The van der Waals surface area contributed by atoms with E-state index in [0.717, 1.165) is 30.8 Å². The van der Waals surface area contributed by atoms with Crippen LogP contribution >= 0.6 is 0 Å². The van der Waals surface area contributed by atoms with E-state index < -0.39 is 0 Å². The third kappa shape index (κ3) is 4.77. The van der Waals surface area contributed by atoms with E-state index in [1.807, 2.05) is 6.92 Å². The number of hydrogen-bond acceptors (Lipinski definition) is 3. The minimum absolute atomic E-state index is 0.439. The van der Waals surface area contributed by atoms with Gasteiger partial charge in [0.1, 0.15) is 0 Å². The monoisotopic (exact) mass is 225 g/mol. The first-order valence-electron chi connectivity index (χ1n) is 5.87. The van der Waals surface area contributed by atoms with Crippen LogP contribution < -0.4 is 5.32 Å². The molecule has 0 amide bonds. The summed E-state index contributed by atoms with van der Waals surface area (Å²) in [6.45, 7) is 7.21. The van der Waals surface area contributed by atoms with Crippen molar-refractivity contribution in [3.63, 3.8) is 0 Å². The van der Waals surface area contributed by atoms with Gasteiger partial charge in [0.15, 0.2) is 0 Å². The van der Waals surface area contributed by atoms with Gasteiger partial charge in [0.2, 0.25) is 0 Å². The first-order chi connectivity index (χ1) is 7.61. The van der Waals surface area contributed by atoms with Gasteiger partial charge in [0.25, 0.3) is 0 Å². The van der Waals surface area contributed by atoms with E-state index in [1.165, 1.54) is 0 Å². The van der Waals surface area contributed by atoms with Crippen molar-refractivity contribution in [2.45, 2.75) is 45.7 Å². The molecule has 1 rings (SSSR count). The standard InChI is InChI=1S/C12H23N3O/c1-9(5-6-16-4)13-10(2)7-12-8-11(3)14-15-12/h8-10,13H,5-7H2,1-4H3,(H,14,15). The smallest absolute Gasteiger partial charge is 0.0640 e. The Morgan fingerprint density at radius 3 is 2.75 bits per heavy atom. The lowest BCUT2D eigenvalue weighted by molar-refractivity contribution is 0.183. The zero-order valence-corrected chi connectivity index (χ0v) is 10.7. The average molecular weight is 225 g/mol. The molecule has 0 aliphatic rings. The summed E-state index contributed by atoms with van der Waals surface area (Å²) in [7, 11) is 1.74. The summed E-state index contributed by atoms with van der Waals surface area (Å²) < 4.78 is 5.06. The maximum absolute atomic E-state index is 5.06. The number of aromatic nitrogens is 2. The second-order valence-electron chi connectivity index (χ2n) is 4.50. The molecule has 0 radical (unpaired) electrons. The van der Waals surface area contributed by atoms with Crippen molar-refractivity contribution in [1.29, 1.82) is 0 Å². The Morgan fingerprint density at radius 1 is 1.44 bits per heavy atom. The summed E-state index contributed by atoms with van der Waals surface area (Å²) in [5.41, 5.74) is 2.24. The van der Waals surface area contributed by atoms with Crippen molar-refractivity contribution in [2.75, 3.05) is 13.7 Å². The van der Waals surface area contributed by atoms with Gasteiger partial charge in [-0.05, 0) is 33.3 Å². The largest absolute Gasteiger partial charge is 0.385 e. The summed E-state index contributed by atoms with van der Waals surface area (Å²) in [6, 6.07) is 3.02. The molecule has 92 valence electrons. The molecule has 2 unspecified atom stereocenters. The Kier molecular flexibility index (Phi) is 5.49. The third-order valence-electron chi connectivity index (χ3n) is 2.60. The van der Waals surface area contributed by atoms with Crippen LogP contribution in [0.15, 0.2) is 6.07 Å². The van der Waals surface area contributed by atoms with Crippen molar-refractivity contribution in [1.82, 2.24) is 15.5 Å². The highest BCUT2D eigenvalue weighted by Crippen LogP contribution is 2.03. The Hall–Kier alpha value is -0.870. The summed E-state index contributed by atoms with van der Waals surface area (Å²) >= 11 is 0. The zero-order valence-electron chi connectivity index (χ0n) is 10.7. The number of rotatable bonds is 7. The lowest BCUT2D eigenvalue weighted by Gasteiger charge is -2.18. The number of methoxy groups -OCH3 is 1. The molecule has 1 heterocycles. The Labute approximate surface area is 97.8 Å². The minimum atomic E-state index is 0.439. The molecule has 1 aromatic heterocycles. The molecular formula is C12H23N3O. The number of aromatic amines is 1. The fourth-order valence-electron chi connectivity index (χ4n) is 1.82. The number of ether oxygens (including phenoxy) is 1. The zero-order chi connectivity index (χ0) is 12.0. The minimum Gasteiger partial charge on any atom is -0.385 e. The molecular weight excluding hydrogens is 202 g/mol. The molecule has 0 saturated heterocycles. The van der Waals surface area contributed by atoms with Crippen LogP contribution in [0.25, 0.3) is 0 Å². The third-order valence-corrected chi connectivity index (χ3v) is 2.60. The molecule has 0 bridgehead atoms. The maximum Gasteiger partial charge on any atom is 0.0640 e. The fourth-order valence-corrected chi connectivity index (χ4v) is 1.82. The fraction of sp³-hybridized carbons (Fsp3) is 0.750. The Morgan fingerprint density at radius 2 is 2.19 bits per heavy atom. The van der Waals surface area contributed by atoms with Crippen LogP contribution in [0.5, 0.6) is 0 Å². The van der Waals surface area contributed by atoms with Crippen LogP contribution in [0.2, 0.25) is 0 Å². The first kappa shape index (κ1) is 13.2. The maximum atomic E-state index is 5.06. The molecule has 0 aromatic carbocycles. The molecule has 2 atom stereocenters. The molecule has 0 fully saturated rings. The SMILES string of the molecule is COCCC(C)NC(C)Cc1cc(C)[nH]n1. The molecule has 2 N–H and O–H groups in total. The second-order valence-corrected chi connectivity index (χ2v) is 4.50. The molecule has 16 heavy (non-hydrogen) atoms. The molecule has 0 aliphatic carbocycles. The molecule has 4 heteroatoms. The van der Waals surface area contributed by atoms with Crippen molar-refractivity contribution in [2.24, 2.45) is 0 Å². The number of aryl methyl sites for hydroxylation is 1. The van der Waals surface area contributed by atoms with Gasteiger partial charge in [-0.1, -0.05) is 0 Å². The molecule has 0 spiro atoms. The predicted molar refractivity (Wildman–Crippen MR) is 65.6 cm³/mol. The van der Waals surface area contributed by atoms with E-state index in [4.69, 9.17) is 4.74 Å². The van der Waals surface area contributed by atoms with E-state index in [9.17, 15) is 0 Å². The van der Waals surface area contributed by atoms with Gasteiger partial charge in [-0.25, -0.2) is 0 Å². The van der Waals surface area contributed by atoms with Gasteiger partial charge in [-0.15, -0.1) is 0 Å². The average Bonchev–Trinajstić information content (AvgIpc) is 2.60. The van der Waals surface area contributed by atoms with Crippen molar-refractivity contribution >= 4 is 0 Å². The van der Waals surface area contributed by atoms with Gasteiger partial charge >= 0.3 is 0 Å². The highest BCUT2D eigenvalue weighted by Gasteiger charge is 2.09. The van der Waals surface area contributed by atoms with E-state index >= 15 is 0 Å². The topological polar surface area (TPSA) is 49.9 Å². The summed E-state index contributed by atoms with van der Waals surface area (Å²) in [4.78, 5) is 0. The lowest BCUT2D eigenvalue weighted by atomic mass is 10.1. The van der Waals surface area contributed by atoms with Crippen molar-refractivity contribution < 1.29 is 4.74 Å². The summed E-state index contributed by atoms with van der Waals surface area (Å²) in [5, 5.41) is 10.7. The van der Waals surface area contributed by atoms with E-state index in [-0.39, 0.29) is 0 Å². The van der Waals surface area contributed by atoms with Gasteiger partial charge in [-0.2, -0.15) is 5.10 Å². The Bertz CT molecular complexity index is 298. The predicted octanol–water partition coefficient (Wildman–Crippen LogP) is 1.66. The van der Waals surface area contributed by atoms with Crippen molar-refractivity contribution in [3.05, 3.63) is 17.5 Å². The van der Waals surface area contributed by atoms with Crippen LogP contribution in [0, 0.1) is 6.92 Å². The van der Waals surface area contributed by atoms with E-state index in [1.54, 1.807) is 7.11 Å². The number of H-pyrrole nitrogens is 1. The molecule has 0 aliphatic heterocycles. The molecule has 0 saturated carbocycles. The van der Waals surface area contributed by atoms with Gasteiger partial charge in [0.05, 0.1) is 5.69 Å². The second kappa shape index (κ2) is 6.66. The van der Waals surface area contributed by atoms with E-state index in [0.29, 0.717) is 12.1 Å². The number of nitrogens with zero attached hydrogens (tertiary/aromatic N) is 1. The highest BCUT2D eigenvalue weighted by molar-refractivity contribution is 5.07. The summed E-state index contributed by atoms with van der Waals surface area (Å²) in [5.74, 6) is 0. The van der Waals surface area contributed by atoms with Crippen LogP contribution in [0.3, 0.4) is 0 Å². The lowest BCUT2D eigenvalue weighted by Crippen LogP contribution is -2.36. The first-order valence-corrected chi connectivity index (χ1v) is 5.87. The van der Waals surface area contributed by atoms with Crippen LogP contribution in [0.1, 0.15) is 31.7 Å². The van der Waals surface area contributed by atoms with Gasteiger partial charge in [0, 0.05) is 37.9 Å². The van der Waals surface area contributed by atoms with Crippen LogP contribution in [-0.4, -0.2) is 36.0 Å². The quantitative estimate of drug-likeness (QED) is 0.742. The Balaban J connectivity index is 2.27. The van der Waals surface area contributed by atoms with Gasteiger partial charge in [-0.3, -0.25) is 5.10 Å². The van der Waals surface area contributed by atoms with Crippen molar-refractivity contribution in [3.8, 4) is 0 Å². The molecule has 4 nitrogen and oxygen atoms in total. The van der Waals surface area contributed by atoms with Crippen LogP contribution in [-0.2, 0) is 11.2 Å². The van der Waals surface area contributed by atoms with Crippen LogP contribution in [0.4, 0.5) is 0 Å². The molecule has 1 aromatic rings. The number of hydrogen-bond donors (Lipinski definition) is 2.